The van der Waals surface area contributed by atoms with Gasteiger partial charge in [0.25, 0.3) is 0 Å². The second-order valence-corrected chi connectivity index (χ2v) is 14.3. The van der Waals surface area contributed by atoms with E-state index in [1.165, 1.54) is 5.56 Å². The molecule has 4 atom stereocenters. The minimum atomic E-state index is -1.59. The lowest BCUT2D eigenvalue weighted by Crippen LogP contribution is -2.29. The van der Waals surface area contributed by atoms with Gasteiger partial charge in [0.05, 0.1) is 35.6 Å². The molecule has 54 heavy (non-hydrogen) atoms. The number of H-pyrrole nitrogens is 1. The summed E-state index contributed by atoms with van der Waals surface area (Å²) in [5.41, 5.74) is 5.41. The third-order valence-electron chi connectivity index (χ3n) is 9.10. The van der Waals surface area contributed by atoms with Crippen molar-refractivity contribution in [2.75, 3.05) is 13.2 Å². The summed E-state index contributed by atoms with van der Waals surface area (Å²) in [6, 6.07) is 48.9. The molecular formula is C43H37ClN3O6P. The number of aliphatic hydroxyl groups is 1. The summed E-state index contributed by atoms with van der Waals surface area (Å²) in [6.45, 7) is 0.881. The number of nitrogens with zero attached hydrogens (tertiary/aromatic N) is 2. The zero-order valence-corrected chi connectivity index (χ0v) is 30.7. The summed E-state index contributed by atoms with van der Waals surface area (Å²) in [5.74, 6) is 3.10. The number of hydrogen-bond acceptors (Lipinski definition) is 8. The van der Waals surface area contributed by atoms with E-state index < -0.39 is 14.7 Å². The molecular weight excluding hydrogens is 721 g/mol. The molecule has 9 rings (SSSR count). The van der Waals surface area contributed by atoms with Crippen LogP contribution >= 0.6 is 20.2 Å². The Morgan fingerprint density at radius 3 is 1.70 bits per heavy atom. The first-order chi connectivity index (χ1) is 26.6. The van der Waals surface area contributed by atoms with Gasteiger partial charge in [-0.15, -0.1) is 0 Å². The van der Waals surface area contributed by atoms with Crippen LogP contribution in [0.1, 0.15) is 5.82 Å². The average Bonchev–Trinajstić information content (AvgIpc) is 3.92. The molecule has 0 amide bonds. The van der Waals surface area contributed by atoms with Crippen LogP contribution in [0.25, 0.3) is 33.5 Å². The number of fused-ring (bicyclic) bond motifs is 2. The standard InChI is InChI=1S/C25H22ClN3O3.C18H15O3P/c26-18-11-19-25(28-21(27-19)10-17-12-31-24-20(30)13-32-23(17)24)29-22(18)16-8-6-15(7-9-16)14-4-2-1-3-5-14;1-4-10-16(11-5-1)19-22(20-17-12-6-2-7-13-17)21-18-14-8-3-9-15-18/h1-9,11,17,20,23-24,30H,10,12-13H2,(H,27,28,29);1-15H/t17?,20-,23-,24-;/m1./s1. The Balaban J connectivity index is 0.000000165. The van der Waals surface area contributed by atoms with E-state index in [0.29, 0.717) is 53.2 Å². The first-order valence-corrected chi connectivity index (χ1v) is 19.1. The highest BCUT2D eigenvalue weighted by Crippen LogP contribution is 2.42. The molecule has 272 valence electrons. The lowest BCUT2D eigenvalue weighted by molar-refractivity contribution is 0.0169. The van der Waals surface area contributed by atoms with Crippen molar-refractivity contribution in [3.05, 3.63) is 163 Å². The van der Waals surface area contributed by atoms with Crippen molar-refractivity contribution in [1.82, 2.24) is 15.0 Å². The fourth-order valence-electron chi connectivity index (χ4n) is 6.46. The number of nitrogens with one attached hydrogen (secondary N) is 1. The smallest absolute Gasteiger partial charge is 0.409 e. The molecule has 0 bridgehead atoms. The number of pyridine rings is 1. The van der Waals surface area contributed by atoms with Crippen molar-refractivity contribution in [2.24, 2.45) is 5.92 Å². The second kappa shape index (κ2) is 16.8. The molecule has 0 saturated carbocycles. The number of para-hydroxylation sites is 3. The fraction of sp³-hybridized carbons (Fsp3) is 0.163. The van der Waals surface area contributed by atoms with Gasteiger partial charge in [-0.05, 0) is 53.6 Å². The van der Waals surface area contributed by atoms with Gasteiger partial charge >= 0.3 is 8.60 Å². The number of aromatic amines is 1. The van der Waals surface area contributed by atoms with Crippen molar-refractivity contribution in [2.45, 2.75) is 24.7 Å². The van der Waals surface area contributed by atoms with Crippen molar-refractivity contribution in [3.63, 3.8) is 0 Å². The number of hydrogen-bond donors (Lipinski definition) is 2. The van der Waals surface area contributed by atoms with Crippen molar-refractivity contribution in [1.29, 1.82) is 0 Å². The minimum absolute atomic E-state index is 0.0894. The van der Waals surface area contributed by atoms with Crippen molar-refractivity contribution in [3.8, 4) is 39.6 Å². The maximum Gasteiger partial charge on any atom is 0.530 e. The van der Waals surface area contributed by atoms with Crippen LogP contribution in [0, 0.1) is 5.92 Å². The Hall–Kier alpha value is -5.28. The lowest BCUT2D eigenvalue weighted by Gasteiger charge is -2.17. The van der Waals surface area contributed by atoms with E-state index in [1.54, 1.807) is 0 Å². The van der Waals surface area contributed by atoms with E-state index in [2.05, 4.69) is 29.2 Å². The Labute approximate surface area is 319 Å². The van der Waals surface area contributed by atoms with E-state index in [1.807, 2.05) is 127 Å². The van der Waals surface area contributed by atoms with Crippen LogP contribution in [0.3, 0.4) is 0 Å². The Kier molecular flexibility index (Phi) is 11.1. The molecule has 5 aromatic carbocycles. The van der Waals surface area contributed by atoms with E-state index in [-0.39, 0.29) is 18.1 Å². The molecule has 4 heterocycles. The van der Waals surface area contributed by atoms with Gasteiger partial charge in [-0.3, -0.25) is 0 Å². The Morgan fingerprint density at radius 1 is 0.630 bits per heavy atom. The molecule has 2 saturated heterocycles. The maximum atomic E-state index is 9.95. The highest BCUT2D eigenvalue weighted by Gasteiger charge is 2.47. The van der Waals surface area contributed by atoms with Crippen LogP contribution in [0.2, 0.25) is 5.02 Å². The van der Waals surface area contributed by atoms with Crippen LogP contribution < -0.4 is 13.6 Å². The quantitative estimate of drug-likeness (QED) is 0.133. The zero-order chi connectivity index (χ0) is 36.7. The van der Waals surface area contributed by atoms with Gasteiger partial charge in [-0.2, -0.15) is 0 Å². The molecule has 2 fully saturated rings. The number of benzene rings is 5. The number of rotatable bonds is 10. The van der Waals surface area contributed by atoms with Crippen LogP contribution in [0.15, 0.2) is 152 Å². The van der Waals surface area contributed by atoms with Gasteiger partial charge in [-0.1, -0.05) is 121 Å². The average molecular weight is 758 g/mol. The summed E-state index contributed by atoms with van der Waals surface area (Å²) >= 11 is 6.59. The predicted octanol–water partition coefficient (Wildman–Crippen LogP) is 9.71. The predicted molar refractivity (Wildman–Crippen MR) is 211 cm³/mol. The van der Waals surface area contributed by atoms with E-state index >= 15 is 0 Å². The summed E-state index contributed by atoms with van der Waals surface area (Å²) < 4.78 is 29.0. The first-order valence-electron chi connectivity index (χ1n) is 17.7. The fourth-order valence-corrected chi connectivity index (χ4v) is 7.71. The van der Waals surface area contributed by atoms with Gasteiger partial charge in [-0.25, -0.2) is 9.97 Å². The summed E-state index contributed by atoms with van der Waals surface area (Å²) in [5, 5.41) is 10.5. The van der Waals surface area contributed by atoms with E-state index in [0.717, 1.165) is 22.5 Å². The highest BCUT2D eigenvalue weighted by molar-refractivity contribution is 7.43. The van der Waals surface area contributed by atoms with Gasteiger partial charge < -0.3 is 33.1 Å². The normalized spacial score (nSPS) is 18.9. The van der Waals surface area contributed by atoms with Crippen LogP contribution in [-0.4, -0.2) is 51.6 Å². The zero-order valence-electron chi connectivity index (χ0n) is 29.1. The third-order valence-corrected chi connectivity index (χ3v) is 10.5. The monoisotopic (exact) mass is 757 g/mol. The summed E-state index contributed by atoms with van der Waals surface area (Å²) in [6.07, 6.45) is -0.198. The summed E-state index contributed by atoms with van der Waals surface area (Å²) in [4.78, 5) is 12.8. The number of aliphatic hydroxyl groups excluding tert-OH is 1. The molecule has 9 nitrogen and oxygen atoms in total. The molecule has 2 aliphatic heterocycles. The molecule has 1 unspecified atom stereocenters. The third kappa shape index (κ3) is 8.57. The number of aromatic nitrogens is 3. The van der Waals surface area contributed by atoms with Crippen molar-refractivity contribution >= 4 is 31.4 Å². The highest BCUT2D eigenvalue weighted by atomic mass is 35.5. The van der Waals surface area contributed by atoms with Crippen molar-refractivity contribution < 1.29 is 28.2 Å². The molecule has 2 aliphatic rings. The van der Waals surface area contributed by atoms with Gasteiger partial charge in [0.15, 0.2) is 5.65 Å². The second-order valence-electron chi connectivity index (χ2n) is 12.9. The summed E-state index contributed by atoms with van der Waals surface area (Å²) in [7, 11) is -1.59. The van der Waals surface area contributed by atoms with Crippen LogP contribution in [0.5, 0.6) is 17.2 Å². The van der Waals surface area contributed by atoms with Crippen LogP contribution in [0.4, 0.5) is 0 Å². The largest absolute Gasteiger partial charge is 0.530 e. The van der Waals surface area contributed by atoms with Crippen LogP contribution in [-0.2, 0) is 15.9 Å². The van der Waals surface area contributed by atoms with Gasteiger partial charge in [0, 0.05) is 17.9 Å². The Bertz CT molecular complexity index is 2150. The molecule has 0 radical (unpaired) electrons. The first kappa shape index (κ1) is 35.7. The molecule has 7 aromatic rings. The molecule has 0 aliphatic carbocycles. The number of ether oxygens (including phenoxy) is 2. The lowest BCUT2D eigenvalue weighted by atomic mass is 9.97. The molecule has 0 spiro atoms. The van der Waals surface area contributed by atoms with Gasteiger partial charge in [0.1, 0.15) is 35.3 Å². The van der Waals surface area contributed by atoms with E-state index in [9.17, 15) is 5.11 Å². The molecule has 11 heteroatoms. The Morgan fingerprint density at radius 2 is 1.13 bits per heavy atom. The van der Waals surface area contributed by atoms with E-state index in [4.69, 9.17) is 44.6 Å². The maximum absolute atomic E-state index is 9.95. The number of halogens is 1. The molecule has 2 aromatic heterocycles. The minimum Gasteiger partial charge on any atom is -0.409 e. The molecule has 2 N–H and O–H groups in total. The topological polar surface area (TPSA) is 108 Å². The van der Waals surface area contributed by atoms with Gasteiger partial charge in [0.2, 0.25) is 0 Å². The SMILES string of the molecule is O[C@@H]1CO[C@@H]2C(Cc3nc4nc(-c5ccc(-c6ccccc6)cc5)c(Cl)cc4[nH]3)CO[C@H]12.c1ccc(OP(Oc2ccccc2)Oc2ccccc2)cc1. The number of imidazole rings is 1.